The molecule has 0 bridgehead atoms. The van der Waals surface area contributed by atoms with Gasteiger partial charge in [0.25, 0.3) is 0 Å². The molecule has 0 heterocycles. The van der Waals surface area contributed by atoms with Crippen LogP contribution in [0.4, 0.5) is 0 Å². The number of alkyl halides is 2. The number of carbonyl (C=O) groups excluding carboxylic acids is 1. The summed E-state index contributed by atoms with van der Waals surface area (Å²) in [7, 11) is 0. The number of aliphatic hydroxyl groups is 1. The number of hydrogen-bond donors (Lipinski definition) is 2. The molecule has 1 rings (SSSR count). The van der Waals surface area contributed by atoms with Crippen molar-refractivity contribution in [1.29, 1.82) is 0 Å². The molecular weight excluding hydrogens is 323 g/mol. The molecule has 0 saturated carbocycles. The maximum Gasteiger partial charge on any atom is 0.337 e. The van der Waals surface area contributed by atoms with Crippen molar-refractivity contribution in [2.24, 2.45) is 0 Å². The van der Waals surface area contributed by atoms with Crippen molar-refractivity contribution in [3.63, 3.8) is 0 Å². The number of carboxylic acids is 1. The molecule has 0 spiro atoms. The Morgan fingerprint density at radius 3 is 2.50 bits per heavy atom. The highest BCUT2D eigenvalue weighted by Crippen LogP contribution is 2.26. The molecule has 4 nitrogen and oxygen atoms in total. The van der Waals surface area contributed by atoms with E-state index in [4.69, 9.17) is 16.7 Å². The van der Waals surface area contributed by atoms with E-state index >= 15 is 0 Å². The Labute approximate surface area is 118 Å². The van der Waals surface area contributed by atoms with Crippen LogP contribution in [0.25, 0.3) is 0 Å². The molecule has 2 N–H and O–H groups in total. The van der Waals surface area contributed by atoms with Gasteiger partial charge in [-0.15, -0.1) is 11.6 Å². The van der Waals surface area contributed by atoms with E-state index in [0.717, 1.165) is 0 Å². The zero-order valence-corrected chi connectivity index (χ0v) is 11.9. The van der Waals surface area contributed by atoms with Crippen molar-refractivity contribution in [3.05, 3.63) is 34.9 Å². The number of aliphatic hydroxyl groups excluding tert-OH is 1. The van der Waals surface area contributed by atoms with Crippen LogP contribution in [0, 0.1) is 0 Å². The van der Waals surface area contributed by atoms with Crippen LogP contribution in [0.15, 0.2) is 18.2 Å². The predicted octanol–water partition coefficient (Wildman–Crippen LogP) is 2.51. The molecule has 0 aliphatic carbocycles. The van der Waals surface area contributed by atoms with Gasteiger partial charge in [0.2, 0.25) is 0 Å². The lowest BCUT2D eigenvalue weighted by Crippen LogP contribution is -2.20. The number of Topliss-reactive ketones (excluding diaryl/α,β-unsaturated/α-hetero) is 1. The largest absolute Gasteiger partial charge is 0.479 e. The summed E-state index contributed by atoms with van der Waals surface area (Å²) in [5, 5.41) is 18.0. The molecule has 1 aromatic carbocycles. The van der Waals surface area contributed by atoms with Gasteiger partial charge in [-0.3, -0.25) is 4.79 Å². The molecule has 2 unspecified atom stereocenters. The quantitative estimate of drug-likeness (QED) is 0.640. The summed E-state index contributed by atoms with van der Waals surface area (Å²) in [4.78, 5) is 22.9. The maximum atomic E-state index is 12.0. The summed E-state index contributed by atoms with van der Waals surface area (Å²) in [5.74, 6) is -1.81. The average molecular weight is 336 g/mol. The first-order valence-corrected chi connectivity index (χ1v) is 6.72. The van der Waals surface area contributed by atoms with Gasteiger partial charge in [-0.2, -0.15) is 0 Å². The summed E-state index contributed by atoms with van der Waals surface area (Å²) in [6, 6.07) is 4.69. The van der Waals surface area contributed by atoms with Crippen molar-refractivity contribution in [2.75, 3.05) is 0 Å². The van der Waals surface area contributed by atoms with Gasteiger partial charge in [-0.25, -0.2) is 4.79 Å². The molecule has 0 saturated heterocycles. The van der Waals surface area contributed by atoms with Crippen LogP contribution in [0.1, 0.15) is 34.5 Å². The monoisotopic (exact) mass is 334 g/mol. The van der Waals surface area contributed by atoms with Crippen LogP contribution in [0.5, 0.6) is 0 Å². The van der Waals surface area contributed by atoms with Crippen LogP contribution >= 0.6 is 27.5 Å². The van der Waals surface area contributed by atoms with Crippen LogP contribution in [-0.2, 0) is 10.1 Å². The Morgan fingerprint density at radius 2 is 2.06 bits per heavy atom. The second-order valence-corrected chi connectivity index (χ2v) is 4.95. The topological polar surface area (TPSA) is 74.6 Å². The van der Waals surface area contributed by atoms with Crippen molar-refractivity contribution >= 4 is 39.3 Å². The standard InChI is InChI=1S/C12H12BrClO4/c1-6(14)10(15)9-7(5-13)3-2-4-8(9)11(16)12(17)18/h2-4,6,11,16H,5H2,1H3,(H,17,18). The third-order valence-electron chi connectivity index (χ3n) is 2.46. The van der Waals surface area contributed by atoms with E-state index in [2.05, 4.69) is 15.9 Å². The summed E-state index contributed by atoms with van der Waals surface area (Å²) in [6.45, 7) is 1.51. The molecule has 0 amide bonds. The minimum Gasteiger partial charge on any atom is -0.479 e. The van der Waals surface area contributed by atoms with Gasteiger partial charge in [0, 0.05) is 16.5 Å². The molecule has 2 atom stereocenters. The first-order chi connectivity index (χ1) is 8.40. The first kappa shape index (κ1) is 15.1. The highest BCUT2D eigenvalue weighted by atomic mass is 79.9. The van der Waals surface area contributed by atoms with E-state index in [0.29, 0.717) is 10.9 Å². The number of aliphatic carboxylic acids is 1. The minimum atomic E-state index is -1.74. The van der Waals surface area contributed by atoms with Crippen LogP contribution in [-0.4, -0.2) is 27.3 Å². The Kier molecular flexibility index (Phi) is 5.31. The summed E-state index contributed by atoms with van der Waals surface area (Å²) in [5.41, 5.74) is 0.842. The molecule has 0 aromatic heterocycles. The molecule has 0 aliphatic rings. The number of carbonyl (C=O) groups is 2. The average Bonchev–Trinajstić information content (AvgIpc) is 2.35. The normalized spacial score (nSPS) is 14.0. The zero-order chi connectivity index (χ0) is 13.9. The summed E-state index contributed by atoms with van der Waals surface area (Å²) >= 11 is 8.98. The Balaban J connectivity index is 3.42. The molecule has 0 radical (unpaired) electrons. The number of rotatable bonds is 5. The fraction of sp³-hybridized carbons (Fsp3) is 0.333. The van der Waals surface area contributed by atoms with E-state index in [1.165, 1.54) is 13.0 Å². The third-order valence-corrected chi connectivity index (χ3v) is 3.27. The summed E-state index contributed by atoms with van der Waals surface area (Å²) in [6.07, 6.45) is -1.74. The molecule has 1 aromatic rings. The predicted molar refractivity (Wildman–Crippen MR) is 71.3 cm³/mol. The number of halogens is 2. The fourth-order valence-electron chi connectivity index (χ4n) is 1.59. The molecule has 18 heavy (non-hydrogen) atoms. The fourth-order valence-corrected chi connectivity index (χ4v) is 2.17. The second kappa shape index (κ2) is 6.31. The first-order valence-electron chi connectivity index (χ1n) is 5.17. The lowest BCUT2D eigenvalue weighted by Gasteiger charge is -2.15. The Hall–Kier alpha value is -0.910. The molecule has 98 valence electrons. The van der Waals surface area contributed by atoms with Crippen molar-refractivity contribution in [2.45, 2.75) is 23.7 Å². The maximum absolute atomic E-state index is 12.0. The highest BCUT2D eigenvalue weighted by molar-refractivity contribution is 9.08. The van der Waals surface area contributed by atoms with Gasteiger partial charge in [0.05, 0.1) is 5.38 Å². The van der Waals surface area contributed by atoms with Gasteiger partial charge < -0.3 is 10.2 Å². The van der Waals surface area contributed by atoms with Gasteiger partial charge in [-0.05, 0) is 12.5 Å². The lowest BCUT2D eigenvalue weighted by atomic mass is 9.93. The number of ketones is 1. The second-order valence-electron chi connectivity index (χ2n) is 3.74. The van der Waals surface area contributed by atoms with Crippen molar-refractivity contribution < 1.29 is 19.8 Å². The van der Waals surface area contributed by atoms with Crippen LogP contribution in [0.3, 0.4) is 0 Å². The van der Waals surface area contributed by atoms with Crippen LogP contribution < -0.4 is 0 Å². The smallest absolute Gasteiger partial charge is 0.337 e. The Bertz CT molecular complexity index is 473. The van der Waals surface area contributed by atoms with E-state index in [1.54, 1.807) is 12.1 Å². The lowest BCUT2D eigenvalue weighted by molar-refractivity contribution is -0.146. The van der Waals surface area contributed by atoms with E-state index < -0.39 is 23.2 Å². The third kappa shape index (κ3) is 3.10. The molecule has 6 heteroatoms. The van der Waals surface area contributed by atoms with Crippen molar-refractivity contribution in [3.8, 4) is 0 Å². The molecule has 0 fully saturated rings. The molecule has 0 aliphatic heterocycles. The number of benzene rings is 1. The van der Waals surface area contributed by atoms with E-state index in [9.17, 15) is 14.7 Å². The zero-order valence-electron chi connectivity index (χ0n) is 9.56. The van der Waals surface area contributed by atoms with Crippen LogP contribution in [0.2, 0.25) is 0 Å². The summed E-state index contributed by atoms with van der Waals surface area (Å²) < 4.78 is 0. The highest BCUT2D eigenvalue weighted by Gasteiger charge is 2.26. The number of carboxylic acid groups (broad SMARTS) is 1. The van der Waals surface area contributed by atoms with Gasteiger partial charge in [0.1, 0.15) is 0 Å². The minimum absolute atomic E-state index is 0.0666. The van der Waals surface area contributed by atoms with Crippen molar-refractivity contribution in [1.82, 2.24) is 0 Å². The van der Waals surface area contributed by atoms with Gasteiger partial charge >= 0.3 is 5.97 Å². The van der Waals surface area contributed by atoms with E-state index in [-0.39, 0.29) is 11.1 Å². The van der Waals surface area contributed by atoms with E-state index in [1.807, 2.05) is 0 Å². The van der Waals surface area contributed by atoms with Gasteiger partial charge in [0.15, 0.2) is 11.9 Å². The molecular formula is C12H12BrClO4. The Morgan fingerprint density at radius 1 is 1.44 bits per heavy atom. The van der Waals surface area contributed by atoms with Gasteiger partial charge in [-0.1, -0.05) is 34.1 Å². The SMILES string of the molecule is CC(Cl)C(=O)c1c(CBr)cccc1C(O)C(=O)O. The number of hydrogen-bond acceptors (Lipinski definition) is 3.